The highest BCUT2D eigenvalue weighted by molar-refractivity contribution is 6.76. The molecule has 12 heteroatoms. The van der Waals surface area contributed by atoms with E-state index < -0.39 is 75.2 Å². The molecule has 1 spiro atoms. The topological polar surface area (TPSA) is 119 Å². The van der Waals surface area contributed by atoms with E-state index in [9.17, 15) is 14.7 Å². The molecular formula is C28H48O10Si2. The van der Waals surface area contributed by atoms with Crippen LogP contribution in [0.15, 0.2) is 12.2 Å². The fourth-order valence-electron chi connectivity index (χ4n) is 6.98. The molecule has 2 heterocycles. The van der Waals surface area contributed by atoms with E-state index >= 15 is 0 Å². The average Bonchev–Trinajstić information content (AvgIpc) is 3.43. The van der Waals surface area contributed by atoms with Crippen LogP contribution in [0.5, 0.6) is 0 Å². The molecule has 228 valence electrons. The molecule has 4 fully saturated rings. The van der Waals surface area contributed by atoms with Crippen LogP contribution in [0.25, 0.3) is 0 Å². The number of aliphatic hydroxyl groups excluding tert-OH is 1. The van der Waals surface area contributed by atoms with Gasteiger partial charge in [0, 0.05) is 41.7 Å². The van der Waals surface area contributed by atoms with Crippen molar-refractivity contribution in [2.24, 2.45) is 22.7 Å². The first-order valence-corrected chi connectivity index (χ1v) is 21.7. The first-order valence-electron chi connectivity index (χ1n) is 14.3. The largest absolute Gasteiger partial charge is 0.468 e. The summed E-state index contributed by atoms with van der Waals surface area (Å²) in [6.07, 6.45) is -2.96. The fraction of sp³-hybridized carbons (Fsp3) is 0.857. The molecule has 2 aliphatic heterocycles. The zero-order chi connectivity index (χ0) is 29.5. The first kappa shape index (κ1) is 31.8. The summed E-state index contributed by atoms with van der Waals surface area (Å²) >= 11 is 0. The molecule has 0 aromatic rings. The van der Waals surface area contributed by atoms with E-state index in [0.29, 0.717) is 18.8 Å². The number of rotatable bonds is 13. The van der Waals surface area contributed by atoms with Gasteiger partial charge in [0.25, 0.3) is 0 Å². The Morgan fingerprint density at radius 1 is 1.00 bits per heavy atom. The van der Waals surface area contributed by atoms with E-state index in [-0.39, 0.29) is 33.2 Å². The molecule has 2 saturated carbocycles. The summed E-state index contributed by atoms with van der Waals surface area (Å²) < 4.78 is 41.6. The smallest absolute Gasteiger partial charge is 0.317 e. The predicted octanol–water partition coefficient (Wildman–Crippen LogP) is 3.05. The Labute approximate surface area is 240 Å². The van der Waals surface area contributed by atoms with Crippen LogP contribution >= 0.6 is 0 Å². The van der Waals surface area contributed by atoms with E-state index in [4.69, 9.17) is 33.2 Å². The molecule has 0 bridgehead atoms. The van der Waals surface area contributed by atoms with Crippen LogP contribution in [0.3, 0.4) is 0 Å². The summed E-state index contributed by atoms with van der Waals surface area (Å²) in [5.41, 5.74) is -1.95. The number of aliphatic hydroxyl groups is 1. The molecule has 0 radical (unpaired) electrons. The maximum absolute atomic E-state index is 13.7. The van der Waals surface area contributed by atoms with E-state index in [1.807, 2.05) is 0 Å². The van der Waals surface area contributed by atoms with Crippen LogP contribution in [0.2, 0.25) is 51.4 Å². The van der Waals surface area contributed by atoms with E-state index in [1.165, 1.54) is 7.11 Å². The van der Waals surface area contributed by atoms with Crippen molar-refractivity contribution >= 4 is 28.1 Å². The molecule has 2 saturated heterocycles. The second kappa shape index (κ2) is 11.9. The zero-order valence-corrected chi connectivity index (χ0v) is 27.2. The molecule has 4 rings (SSSR count). The maximum Gasteiger partial charge on any atom is 0.317 e. The zero-order valence-electron chi connectivity index (χ0n) is 25.2. The molecule has 10 nitrogen and oxygen atoms in total. The number of hydrogen-bond acceptors (Lipinski definition) is 10. The molecule has 0 amide bonds. The lowest BCUT2D eigenvalue weighted by atomic mass is 9.45. The Morgan fingerprint density at radius 2 is 1.57 bits per heavy atom. The predicted molar refractivity (Wildman–Crippen MR) is 152 cm³/mol. The Bertz CT molecular complexity index is 962. The number of carbonyl (C=O) groups excluding carboxylic acids is 2. The molecule has 4 aliphatic rings. The summed E-state index contributed by atoms with van der Waals surface area (Å²) in [6, 6.07) is 1.97. The third kappa shape index (κ3) is 5.75. The molecule has 0 aromatic heterocycles. The third-order valence-corrected chi connectivity index (χ3v) is 12.6. The van der Waals surface area contributed by atoms with Crippen molar-refractivity contribution in [1.82, 2.24) is 0 Å². The Morgan fingerprint density at radius 3 is 2.12 bits per heavy atom. The standard InChI is InChI=1S/C28H48O10Si2/c1-18-21-25(30)36-14-27(21)19(37-16-33-9-11-39(3,4)5)13-20(38-17-34-10-12-40(6,7)8)28(26(31)32-2)15-35-23(22(18)29)24(27)28/h19-24,29H,1,9-17H2,2-8H3/t19-,20+,21+,22-,23-,24+,27+,28-/m0/s1. The summed E-state index contributed by atoms with van der Waals surface area (Å²) in [4.78, 5) is 26.8. The van der Waals surface area contributed by atoms with E-state index in [2.05, 4.69) is 45.9 Å². The van der Waals surface area contributed by atoms with Crippen molar-refractivity contribution in [2.75, 3.05) is 47.1 Å². The number of esters is 2. The van der Waals surface area contributed by atoms with Crippen molar-refractivity contribution < 1.29 is 47.9 Å². The fourth-order valence-corrected chi connectivity index (χ4v) is 8.49. The molecule has 8 atom stereocenters. The van der Waals surface area contributed by atoms with Crippen molar-refractivity contribution in [1.29, 1.82) is 0 Å². The van der Waals surface area contributed by atoms with Crippen molar-refractivity contribution in [3.05, 3.63) is 12.2 Å². The van der Waals surface area contributed by atoms with Gasteiger partial charge in [-0.3, -0.25) is 9.59 Å². The van der Waals surface area contributed by atoms with Gasteiger partial charge in [-0.2, -0.15) is 0 Å². The second-order valence-electron chi connectivity index (χ2n) is 14.2. The highest BCUT2D eigenvalue weighted by Gasteiger charge is 2.79. The van der Waals surface area contributed by atoms with Crippen LogP contribution in [0.4, 0.5) is 0 Å². The van der Waals surface area contributed by atoms with Crippen molar-refractivity contribution in [2.45, 2.75) is 82.2 Å². The summed E-state index contributed by atoms with van der Waals surface area (Å²) in [7, 11) is -1.25. The highest BCUT2D eigenvalue weighted by Crippen LogP contribution is 2.67. The Kier molecular flexibility index (Phi) is 9.43. The van der Waals surface area contributed by atoms with Crippen molar-refractivity contribution in [3.63, 3.8) is 0 Å². The van der Waals surface area contributed by atoms with Crippen LogP contribution in [0.1, 0.15) is 6.42 Å². The summed E-state index contributed by atoms with van der Waals surface area (Å²) in [6.45, 7) is 18.9. The van der Waals surface area contributed by atoms with Gasteiger partial charge in [0.05, 0.1) is 43.4 Å². The Hall–Kier alpha value is -1.13. The van der Waals surface area contributed by atoms with Gasteiger partial charge in [-0.25, -0.2) is 0 Å². The van der Waals surface area contributed by atoms with Crippen LogP contribution in [0, 0.1) is 22.7 Å². The van der Waals surface area contributed by atoms with E-state index in [0.717, 1.165) is 12.1 Å². The van der Waals surface area contributed by atoms with Gasteiger partial charge >= 0.3 is 11.9 Å². The average molecular weight is 601 g/mol. The molecule has 2 aliphatic carbocycles. The minimum absolute atomic E-state index is 0.00811. The molecule has 0 unspecified atom stereocenters. The van der Waals surface area contributed by atoms with Gasteiger partial charge in [0.2, 0.25) is 0 Å². The SMILES string of the molecule is C=C1[C@@H]2C(=O)OC[C@@]23[C@@H](OCOCC[Si](C)(C)C)C[C@@H](OCOCC[Si](C)(C)C)[C@@]2(C(=O)OC)CO[C@@H]([C@H]1O)[C@@H]23. The number of cyclic esters (lactones) is 1. The van der Waals surface area contributed by atoms with Gasteiger partial charge < -0.3 is 38.3 Å². The lowest BCUT2D eigenvalue weighted by molar-refractivity contribution is -0.252. The Balaban J connectivity index is 1.65. The van der Waals surface area contributed by atoms with Gasteiger partial charge in [-0.15, -0.1) is 0 Å². The van der Waals surface area contributed by atoms with Gasteiger partial charge in [0.15, 0.2) is 0 Å². The minimum atomic E-state index is -1.29. The second-order valence-corrected chi connectivity index (χ2v) is 25.4. The van der Waals surface area contributed by atoms with Crippen LogP contribution in [-0.2, 0) is 42.7 Å². The summed E-state index contributed by atoms with van der Waals surface area (Å²) in [5, 5.41) is 11.2. The molecule has 0 aromatic carbocycles. The third-order valence-electron chi connectivity index (χ3n) is 9.14. The number of methoxy groups -OCH3 is 1. The van der Waals surface area contributed by atoms with Crippen molar-refractivity contribution in [3.8, 4) is 0 Å². The van der Waals surface area contributed by atoms with Crippen LogP contribution < -0.4 is 0 Å². The lowest BCUT2D eigenvalue weighted by Crippen LogP contribution is -2.70. The quantitative estimate of drug-likeness (QED) is 0.111. The van der Waals surface area contributed by atoms with Gasteiger partial charge in [0.1, 0.15) is 31.7 Å². The molecule has 40 heavy (non-hydrogen) atoms. The van der Waals surface area contributed by atoms with E-state index in [1.54, 1.807) is 0 Å². The monoisotopic (exact) mass is 600 g/mol. The molecule has 1 N–H and O–H groups in total. The first-order chi connectivity index (χ1) is 18.7. The normalized spacial score (nSPS) is 37.2. The van der Waals surface area contributed by atoms with Gasteiger partial charge in [-0.05, 0) is 17.7 Å². The lowest BCUT2D eigenvalue weighted by Gasteiger charge is -2.59. The summed E-state index contributed by atoms with van der Waals surface area (Å²) in [5.74, 6) is -2.50. The minimum Gasteiger partial charge on any atom is -0.468 e. The maximum atomic E-state index is 13.7. The number of hydrogen-bond donors (Lipinski definition) is 1. The highest BCUT2D eigenvalue weighted by atomic mass is 28.3. The number of carbonyl (C=O) groups is 2. The number of ether oxygens (including phenoxy) is 7. The van der Waals surface area contributed by atoms with Gasteiger partial charge in [-0.1, -0.05) is 45.9 Å². The molecular weight excluding hydrogens is 552 g/mol. The van der Waals surface area contributed by atoms with Crippen LogP contribution in [-0.4, -0.2) is 105 Å².